The molecule has 0 aliphatic heterocycles. The van der Waals surface area contributed by atoms with Crippen LogP contribution in [0.3, 0.4) is 0 Å². The van der Waals surface area contributed by atoms with Crippen LogP contribution in [-0.2, 0) is 16.0 Å². The molecule has 126 valence electrons. The average molecular weight is 322 g/mol. The highest BCUT2D eigenvalue weighted by Crippen LogP contribution is 2.05. The van der Waals surface area contributed by atoms with Gasteiger partial charge in [0, 0.05) is 13.0 Å². The van der Waals surface area contributed by atoms with Crippen molar-refractivity contribution in [1.29, 1.82) is 0 Å². The van der Waals surface area contributed by atoms with E-state index in [1.54, 1.807) is 24.3 Å². The molecule has 0 aliphatic rings. The molecule has 1 aromatic carbocycles. The molecule has 0 spiro atoms. The number of nitrogens with zero attached hydrogens (tertiary/aromatic N) is 1. The molecule has 8 nitrogen and oxygen atoms in total. The number of aliphatic hydroxyl groups is 1. The molecule has 0 unspecified atom stereocenters. The van der Waals surface area contributed by atoms with Crippen molar-refractivity contribution in [1.82, 2.24) is 5.32 Å². The Morgan fingerprint density at radius 1 is 1.22 bits per heavy atom. The normalized spacial score (nSPS) is 12.9. The minimum Gasteiger partial charge on any atom is -0.480 e. The van der Waals surface area contributed by atoms with Crippen LogP contribution in [0.5, 0.6) is 0 Å². The number of rotatable bonds is 9. The number of hydrogen-bond donors (Lipinski definition) is 5. The number of aliphatic hydroxyl groups excluding tert-OH is 1. The van der Waals surface area contributed by atoms with Gasteiger partial charge in [0.25, 0.3) is 0 Å². The van der Waals surface area contributed by atoms with Gasteiger partial charge in [0.2, 0.25) is 5.91 Å². The number of carboxylic acids is 1. The van der Waals surface area contributed by atoms with Crippen molar-refractivity contribution in [2.45, 2.75) is 31.4 Å². The summed E-state index contributed by atoms with van der Waals surface area (Å²) in [6, 6.07) is 7.83. The van der Waals surface area contributed by atoms with E-state index in [2.05, 4.69) is 10.3 Å². The molecule has 0 aromatic heterocycles. The SMILES string of the molecule is NC(N)=NCCC[C@H](O)C(=O)N[C@H](Cc1ccccc1)C(=O)O. The van der Waals surface area contributed by atoms with Crippen molar-refractivity contribution in [2.75, 3.05) is 6.54 Å². The first-order valence-electron chi connectivity index (χ1n) is 7.20. The van der Waals surface area contributed by atoms with Gasteiger partial charge in [0.15, 0.2) is 5.96 Å². The molecule has 0 heterocycles. The van der Waals surface area contributed by atoms with Gasteiger partial charge in [-0.15, -0.1) is 0 Å². The van der Waals surface area contributed by atoms with E-state index in [-0.39, 0.29) is 18.8 Å². The summed E-state index contributed by atoms with van der Waals surface area (Å²) in [5, 5.41) is 21.3. The number of carbonyl (C=O) groups excluding carboxylic acids is 1. The topological polar surface area (TPSA) is 151 Å². The number of nitrogens with one attached hydrogen (secondary N) is 1. The lowest BCUT2D eigenvalue weighted by Crippen LogP contribution is -2.46. The predicted molar refractivity (Wildman–Crippen MR) is 85.6 cm³/mol. The number of aliphatic carboxylic acids is 1. The highest BCUT2D eigenvalue weighted by Gasteiger charge is 2.23. The second kappa shape index (κ2) is 9.42. The van der Waals surface area contributed by atoms with E-state index >= 15 is 0 Å². The van der Waals surface area contributed by atoms with E-state index < -0.39 is 24.0 Å². The summed E-state index contributed by atoms with van der Waals surface area (Å²) in [7, 11) is 0. The van der Waals surface area contributed by atoms with Crippen molar-refractivity contribution in [3.63, 3.8) is 0 Å². The Morgan fingerprint density at radius 3 is 2.43 bits per heavy atom. The molecule has 0 radical (unpaired) electrons. The summed E-state index contributed by atoms with van der Waals surface area (Å²) in [6.07, 6.45) is -0.618. The average Bonchev–Trinajstić information content (AvgIpc) is 2.51. The number of guanidine groups is 1. The molecule has 0 saturated carbocycles. The van der Waals surface area contributed by atoms with Crippen LogP contribution in [0, 0.1) is 0 Å². The van der Waals surface area contributed by atoms with Crippen molar-refractivity contribution in [3.05, 3.63) is 35.9 Å². The maximum Gasteiger partial charge on any atom is 0.326 e. The van der Waals surface area contributed by atoms with E-state index in [4.69, 9.17) is 11.5 Å². The minimum absolute atomic E-state index is 0.0576. The van der Waals surface area contributed by atoms with Crippen LogP contribution in [0.4, 0.5) is 0 Å². The fourth-order valence-electron chi connectivity index (χ4n) is 1.94. The lowest BCUT2D eigenvalue weighted by molar-refractivity contribution is -0.143. The first kappa shape index (κ1) is 18.4. The molecule has 23 heavy (non-hydrogen) atoms. The van der Waals surface area contributed by atoms with Crippen LogP contribution >= 0.6 is 0 Å². The van der Waals surface area contributed by atoms with Crippen LogP contribution in [0.15, 0.2) is 35.3 Å². The molecule has 2 atom stereocenters. The second-order valence-electron chi connectivity index (χ2n) is 5.05. The predicted octanol–water partition coefficient (Wildman–Crippen LogP) is -0.787. The Balaban J connectivity index is 2.50. The zero-order valence-electron chi connectivity index (χ0n) is 12.7. The highest BCUT2D eigenvalue weighted by molar-refractivity contribution is 5.86. The molecular formula is C15H22N4O4. The Morgan fingerprint density at radius 2 is 1.87 bits per heavy atom. The molecule has 0 fully saturated rings. The fourth-order valence-corrected chi connectivity index (χ4v) is 1.94. The van der Waals surface area contributed by atoms with Gasteiger partial charge >= 0.3 is 5.97 Å². The molecule has 1 rings (SSSR count). The number of benzene rings is 1. The van der Waals surface area contributed by atoms with E-state index in [0.29, 0.717) is 13.0 Å². The molecule has 8 heteroatoms. The fraction of sp³-hybridized carbons (Fsp3) is 0.400. The largest absolute Gasteiger partial charge is 0.480 e. The van der Waals surface area contributed by atoms with Crippen LogP contribution in [0.1, 0.15) is 18.4 Å². The summed E-state index contributed by atoms with van der Waals surface area (Å²) in [5.74, 6) is -1.94. The Kier molecular flexibility index (Phi) is 7.55. The zero-order chi connectivity index (χ0) is 17.2. The Labute approximate surface area is 134 Å². The third kappa shape index (κ3) is 7.28. The molecule has 0 aliphatic carbocycles. The number of hydrogen-bond acceptors (Lipinski definition) is 4. The van der Waals surface area contributed by atoms with Crippen molar-refractivity contribution in [3.8, 4) is 0 Å². The molecular weight excluding hydrogens is 300 g/mol. The lowest BCUT2D eigenvalue weighted by atomic mass is 10.1. The first-order chi connectivity index (χ1) is 10.9. The highest BCUT2D eigenvalue weighted by atomic mass is 16.4. The lowest BCUT2D eigenvalue weighted by Gasteiger charge is -2.17. The summed E-state index contributed by atoms with van der Waals surface area (Å²) in [5.41, 5.74) is 11.1. The number of carbonyl (C=O) groups is 2. The summed E-state index contributed by atoms with van der Waals surface area (Å²) in [4.78, 5) is 26.9. The van der Waals surface area contributed by atoms with Gasteiger partial charge in [-0.25, -0.2) is 4.79 Å². The van der Waals surface area contributed by atoms with Gasteiger partial charge < -0.3 is 27.0 Å². The third-order valence-electron chi connectivity index (χ3n) is 3.13. The monoisotopic (exact) mass is 322 g/mol. The second-order valence-corrected chi connectivity index (χ2v) is 5.05. The smallest absolute Gasteiger partial charge is 0.326 e. The Bertz CT molecular complexity index is 544. The van der Waals surface area contributed by atoms with Crippen LogP contribution < -0.4 is 16.8 Å². The van der Waals surface area contributed by atoms with Gasteiger partial charge in [-0.05, 0) is 18.4 Å². The number of aliphatic imine (C=N–C) groups is 1. The van der Waals surface area contributed by atoms with Crippen molar-refractivity contribution >= 4 is 17.8 Å². The van der Waals surface area contributed by atoms with Crippen LogP contribution in [0.2, 0.25) is 0 Å². The van der Waals surface area contributed by atoms with E-state index in [9.17, 15) is 19.8 Å². The molecule has 0 bridgehead atoms. The minimum atomic E-state index is -1.30. The molecule has 7 N–H and O–H groups in total. The van der Waals surface area contributed by atoms with Gasteiger partial charge in [0.1, 0.15) is 12.1 Å². The van der Waals surface area contributed by atoms with Crippen molar-refractivity contribution in [2.24, 2.45) is 16.5 Å². The molecule has 0 saturated heterocycles. The number of carboxylic acid groups (broad SMARTS) is 1. The van der Waals surface area contributed by atoms with Gasteiger partial charge in [0.05, 0.1) is 0 Å². The van der Waals surface area contributed by atoms with Crippen LogP contribution in [-0.4, -0.2) is 46.7 Å². The van der Waals surface area contributed by atoms with E-state index in [0.717, 1.165) is 5.56 Å². The van der Waals surface area contributed by atoms with Gasteiger partial charge in [-0.2, -0.15) is 0 Å². The number of nitrogens with two attached hydrogens (primary N) is 2. The maximum atomic E-state index is 11.9. The quantitative estimate of drug-likeness (QED) is 0.228. The van der Waals surface area contributed by atoms with E-state index in [1.165, 1.54) is 0 Å². The molecule has 1 amide bonds. The Hall–Kier alpha value is -2.61. The number of amides is 1. The summed E-state index contributed by atoms with van der Waals surface area (Å²) >= 11 is 0. The standard InChI is InChI=1S/C15H22N4O4/c16-15(17)18-8-4-7-12(20)13(21)19-11(14(22)23)9-10-5-2-1-3-6-10/h1-3,5-6,11-12,20H,4,7-9H2,(H,19,21)(H,22,23)(H4,16,17,18)/t11-,12+/m1/s1. The molecule has 1 aromatic rings. The van der Waals surface area contributed by atoms with Gasteiger partial charge in [-0.3, -0.25) is 9.79 Å². The third-order valence-corrected chi connectivity index (χ3v) is 3.13. The van der Waals surface area contributed by atoms with E-state index in [1.807, 2.05) is 6.07 Å². The maximum absolute atomic E-state index is 11.9. The summed E-state index contributed by atoms with van der Waals surface area (Å²) in [6.45, 7) is 0.291. The van der Waals surface area contributed by atoms with Gasteiger partial charge in [-0.1, -0.05) is 30.3 Å². The first-order valence-corrected chi connectivity index (χ1v) is 7.20. The zero-order valence-corrected chi connectivity index (χ0v) is 12.7. The summed E-state index contributed by atoms with van der Waals surface area (Å²) < 4.78 is 0. The van der Waals surface area contributed by atoms with Crippen molar-refractivity contribution < 1.29 is 19.8 Å². The van der Waals surface area contributed by atoms with Crippen LogP contribution in [0.25, 0.3) is 0 Å².